The van der Waals surface area contributed by atoms with Gasteiger partial charge < -0.3 is 10.1 Å². The van der Waals surface area contributed by atoms with Gasteiger partial charge in [-0.15, -0.1) is 0 Å². The van der Waals surface area contributed by atoms with Crippen LogP contribution >= 0.6 is 12.6 Å². The van der Waals surface area contributed by atoms with Gasteiger partial charge >= 0.3 is 0 Å². The van der Waals surface area contributed by atoms with Crippen molar-refractivity contribution in [2.24, 2.45) is 0 Å². The maximum absolute atomic E-state index is 5.49. The molecule has 0 unspecified atom stereocenters. The lowest BCUT2D eigenvalue weighted by Crippen LogP contribution is -2.07. The van der Waals surface area contributed by atoms with Crippen LogP contribution in [0.1, 0.15) is 23.1 Å². The van der Waals surface area contributed by atoms with Crippen molar-refractivity contribution in [1.82, 2.24) is 0 Å². The van der Waals surface area contributed by atoms with E-state index in [1.54, 1.807) is 7.11 Å². The molecule has 1 aromatic rings. The van der Waals surface area contributed by atoms with Gasteiger partial charge in [-0.1, -0.05) is 6.07 Å². The second-order valence-corrected chi connectivity index (χ2v) is 4.49. The molecular formula is C13H21NOS. The lowest BCUT2D eigenvalue weighted by atomic mass is 10.0. The van der Waals surface area contributed by atoms with Crippen LogP contribution in [0.25, 0.3) is 0 Å². The van der Waals surface area contributed by atoms with E-state index < -0.39 is 0 Å². The van der Waals surface area contributed by atoms with Crippen LogP contribution in [0, 0.1) is 20.8 Å². The summed E-state index contributed by atoms with van der Waals surface area (Å²) >= 11 is 4.21. The highest BCUT2D eigenvalue weighted by Crippen LogP contribution is 2.33. The zero-order valence-corrected chi connectivity index (χ0v) is 11.4. The van der Waals surface area contributed by atoms with Crippen molar-refractivity contribution in [3.8, 4) is 5.75 Å². The Bertz CT molecular complexity index is 363. The molecule has 2 nitrogen and oxygen atoms in total. The number of anilines is 1. The first-order valence-corrected chi connectivity index (χ1v) is 6.24. The molecule has 1 aromatic carbocycles. The van der Waals surface area contributed by atoms with E-state index in [-0.39, 0.29) is 0 Å². The van der Waals surface area contributed by atoms with Crippen molar-refractivity contribution < 1.29 is 4.74 Å². The van der Waals surface area contributed by atoms with E-state index in [4.69, 9.17) is 4.74 Å². The van der Waals surface area contributed by atoms with E-state index in [9.17, 15) is 0 Å². The summed E-state index contributed by atoms with van der Waals surface area (Å²) in [6.07, 6.45) is 1.05. The lowest BCUT2D eigenvalue weighted by molar-refractivity contribution is 0.412. The minimum atomic E-state index is 0.902. The molecule has 0 saturated heterocycles. The predicted molar refractivity (Wildman–Crippen MR) is 74.2 cm³/mol. The van der Waals surface area contributed by atoms with Crippen LogP contribution in [0.15, 0.2) is 6.07 Å². The summed E-state index contributed by atoms with van der Waals surface area (Å²) in [5.74, 6) is 1.87. The Morgan fingerprint density at radius 2 is 1.94 bits per heavy atom. The zero-order chi connectivity index (χ0) is 12.1. The SMILES string of the molecule is COc1c(C)c(C)cc(C)c1NCCCS. The van der Waals surface area contributed by atoms with E-state index >= 15 is 0 Å². The minimum absolute atomic E-state index is 0.902. The molecule has 1 N–H and O–H groups in total. The average molecular weight is 239 g/mol. The summed E-state index contributed by atoms with van der Waals surface area (Å²) in [5, 5.41) is 3.43. The second-order valence-electron chi connectivity index (χ2n) is 4.05. The Morgan fingerprint density at radius 3 is 2.50 bits per heavy atom. The van der Waals surface area contributed by atoms with Gasteiger partial charge in [0.1, 0.15) is 5.75 Å². The molecule has 16 heavy (non-hydrogen) atoms. The van der Waals surface area contributed by atoms with Crippen molar-refractivity contribution in [3.63, 3.8) is 0 Å². The average Bonchev–Trinajstić information content (AvgIpc) is 2.26. The van der Waals surface area contributed by atoms with Crippen LogP contribution < -0.4 is 10.1 Å². The highest BCUT2D eigenvalue weighted by molar-refractivity contribution is 7.80. The van der Waals surface area contributed by atoms with Crippen molar-refractivity contribution in [1.29, 1.82) is 0 Å². The summed E-state index contributed by atoms with van der Waals surface area (Å²) in [7, 11) is 1.73. The number of nitrogens with one attached hydrogen (secondary N) is 1. The predicted octanol–water partition coefficient (Wildman–Crippen LogP) is 3.35. The van der Waals surface area contributed by atoms with Gasteiger partial charge in [0.05, 0.1) is 12.8 Å². The van der Waals surface area contributed by atoms with Crippen molar-refractivity contribution in [3.05, 3.63) is 22.8 Å². The van der Waals surface area contributed by atoms with Gasteiger partial charge in [0, 0.05) is 6.54 Å². The molecule has 0 radical (unpaired) electrons. The highest BCUT2D eigenvalue weighted by Gasteiger charge is 2.11. The molecule has 0 fully saturated rings. The molecule has 0 amide bonds. The first-order chi connectivity index (χ1) is 7.61. The highest BCUT2D eigenvalue weighted by atomic mass is 32.1. The van der Waals surface area contributed by atoms with Crippen LogP contribution in [-0.2, 0) is 0 Å². The molecule has 1 rings (SSSR count). The second kappa shape index (κ2) is 6.04. The molecule has 0 aromatic heterocycles. The molecule has 0 saturated carbocycles. The van der Waals surface area contributed by atoms with Crippen LogP contribution in [0.3, 0.4) is 0 Å². The van der Waals surface area contributed by atoms with E-state index in [1.165, 1.54) is 16.7 Å². The molecule has 0 aliphatic carbocycles. The number of thiol groups is 1. The first-order valence-electron chi connectivity index (χ1n) is 5.61. The molecule has 0 aliphatic rings. The summed E-state index contributed by atoms with van der Waals surface area (Å²) < 4.78 is 5.49. The molecule has 0 heterocycles. The Balaban J connectivity index is 3.01. The first kappa shape index (κ1) is 13.2. The summed E-state index contributed by atoms with van der Waals surface area (Å²) in [5.41, 5.74) is 4.84. The molecule has 0 aliphatic heterocycles. The number of aryl methyl sites for hydroxylation is 2. The zero-order valence-electron chi connectivity index (χ0n) is 10.6. The number of methoxy groups -OCH3 is 1. The minimum Gasteiger partial charge on any atom is -0.494 e. The Kier molecular flexibility index (Phi) is 5.00. The van der Waals surface area contributed by atoms with Crippen molar-refractivity contribution in [2.75, 3.05) is 24.7 Å². The Morgan fingerprint density at radius 1 is 1.25 bits per heavy atom. The third-order valence-corrected chi connectivity index (χ3v) is 3.14. The quantitative estimate of drug-likeness (QED) is 0.607. The van der Waals surface area contributed by atoms with Gasteiger partial charge in [0.15, 0.2) is 0 Å². The van der Waals surface area contributed by atoms with Gasteiger partial charge in [-0.25, -0.2) is 0 Å². The Hall–Kier alpha value is -0.830. The fourth-order valence-corrected chi connectivity index (χ4v) is 1.98. The molecular weight excluding hydrogens is 218 g/mol. The normalized spacial score (nSPS) is 10.3. The number of hydrogen-bond acceptors (Lipinski definition) is 3. The maximum Gasteiger partial charge on any atom is 0.145 e. The summed E-state index contributed by atoms with van der Waals surface area (Å²) in [4.78, 5) is 0. The Labute approximate surface area is 104 Å². The van der Waals surface area contributed by atoms with Crippen molar-refractivity contribution >= 4 is 18.3 Å². The van der Waals surface area contributed by atoms with E-state index in [1.807, 2.05) is 0 Å². The smallest absolute Gasteiger partial charge is 0.145 e. The topological polar surface area (TPSA) is 21.3 Å². The summed E-state index contributed by atoms with van der Waals surface area (Å²) in [6, 6.07) is 2.20. The summed E-state index contributed by atoms with van der Waals surface area (Å²) in [6.45, 7) is 7.25. The van der Waals surface area contributed by atoms with Crippen LogP contribution in [0.2, 0.25) is 0 Å². The molecule has 0 spiro atoms. The fourth-order valence-electron chi connectivity index (χ4n) is 1.82. The molecule has 0 atom stereocenters. The van der Waals surface area contributed by atoms with E-state index in [2.05, 4.69) is 44.8 Å². The van der Waals surface area contributed by atoms with Gasteiger partial charge in [-0.2, -0.15) is 12.6 Å². The van der Waals surface area contributed by atoms with Crippen LogP contribution in [-0.4, -0.2) is 19.4 Å². The molecule has 90 valence electrons. The van der Waals surface area contributed by atoms with Gasteiger partial charge in [-0.3, -0.25) is 0 Å². The monoisotopic (exact) mass is 239 g/mol. The lowest BCUT2D eigenvalue weighted by Gasteiger charge is -2.17. The van der Waals surface area contributed by atoms with Crippen LogP contribution in [0.4, 0.5) is 5.69 Å². The van der Waals surface area contributed by atoms with Gasteiger partial charge in [0.2, 0.25) is 0 Å². The standard InChI is InChI=1S/C13H21NOS/c1-9-8-10(2)12(14-6-5-7-16)13(15-4)11(9)3/h8,14,16H,5-7H2,1-4H3. The number of hydrogen-bond donors (Lipinski definition) is 2. The fraction of sp³-hybridized carbons (Fsp3) is 0.538. The largest absolute Gasteiger partial charge is 0.494 e. The number of ether oxygens (including phenoxy) is 1. The third kappa shape index (κ3) is 2.85. The van der Waals surface area contributed by atoms with Crippen LogP contribution in [0.5, 0.6) is 5.75 Å². The third-order valence-electron chi connectivity index (χ3n) is 2.83. The van der Waals surface area contributed by atoms with Gasteiger partial charge in [-0.05, 0) is 49.6 Å². The maximum atomic E-state index is 5.49. The van der Waals surface area contributed by atoms with Gasteiger partial charge in [0.25, 0.3) is 0 Å². The van der Waals surface area contributed by atoms with E-state index in [0.717, 1.165) is 30.2 Å². The number of benzene rings is 1. The molecule has 3 heteroatoms. The van der Waals surface area contributed by atoms with Crippen molar-refractivity contribution in [2.45, 2.75) is 27.2 Å². The molecule has 0 bridgehead atoms. The van der Waals surface area contributed by atoms with E-state index in [0.29, 0.717) is 0 Å². The number of rotatable bonds is 5.